The van der Waals surface area contributed by atoms with Gasteiger partial charge in [-0.25, -0.2) is 0 Å². The largest absolute Gasteiger partial charge is 0.467 e. The summed E-state index contributed by atoms with van der Waals surface area (Å²) < 4.78 is 11.9. The van der Waals surface area contributed by atoms with Gasteiger partial charge in [0, 0.05) is 0 Å². The molecule has 0 fully saturated rings. The SMILES string of the molecule is Bc1c2c(c(B)c3c1OC(B)(B)O3)CC(B)(N)C2. The molecule has 0 unspecified atom stereocenters. The Bertz CT molecular complexity index is 468. The van der Waals surface area contributed by atoms with Gasteiger partial charge < -0.3 is 15.2 Å². The van der Waals surface area contributed by atoms with Crippen LogP contribution in [0.15, 0.2) is 0 Å². The van der Waals surface area contributed by atoms with Gasteiger partial charge in [0.2, 0.25) is 0 Å². The number of hydrogen-bond donors (Lipinski definition) is 1. The second-order valence-electron chi connectivity index (χ2n) is 6.48. The van der Waals surface area contributed by atoms with Crippen LogP contribution in [0.25, 0.3) is 0 Å². The molecule has 1 heterocycles. The molecule has 18 heavy (non-hydrogen) atoms. The highest BCUT2D eigenvalue weighted by atomic mass is 16.7. The minimum atomic E-state index is -0.557. The van der Waals surface area contributed by atoms with Crippen LogP contribution in [-0.2, 0) is 12.8 Å². The van der Waals surface area contributed by atoms with Crippen molar-refractivity contribution in [2.24, 2.45) is 5.73 Å². The molecule has 8 heteroatoms. The normalized spacial score (nSPS) is 21.8. The minimum absolute atomic E-state index is 0.136. The van der Waals surface area contributed by atoms with E-state index in [0.717, 1.165) is 24.3 Å². The zero-order chi connectivity index (χ0) is 13.3. The molecule has 1 aromatic carbocycles. The smallest absolute Gasteiger partial charge is 0.197 e. The van der Waals surface area contributed by atoms with E-state index in [-0.39, 0.29) is 5.44 Å². The molecule has 2 aliphatic rings. The number of ether oxygens (including phenoxy) is 2. The molecular formula is C10H16B5NO2. The molecule has 3 rings (SSSR count). The molecule has 3 nitrogen and oxygen atoms in total. The topological polar surface area (TPSA) is 44.5 Å². The summed E-state index contributed by atoms with van der Waals surface area (Å²) in [7, 11) is 10.2. The quantitative estimate of drug-likeness (QED) is 0.457. The van der Waals surface area contributed by atoms with Crippen molar-refractivity contribution in [1.82, 2.24) is 0 Å². The molecule has 0 aromatic heterocycles. The van der Waals surface area contributed by atoms with E-state index in [2.05, 4.69) is 23.5 Å². The van der Waals surface area contributed by atoms with Gasteiger partial charge in [0.25, 0.3) is 0 Å². The van der Waals surface area contributed by atoms with E-state index < -0.39 is 5.59 Å². The summed E-state index contributed by atoms with van der Waals surface area (Å²) in [6.07, 6.45) is 1.85. The first-order valence-corrected chi connectivity index (χ1v) is 6.52. The Kier molecular flexibility index (Phi) is 2.26. The van der Waals surface area contributed by atoms with Gasteiger partial charge in [-0.1, -0.05) is 0 Å². The predicted molar refractivity (Wildman–Crippen MR) is 86.7 cm³/mol. The number of benzene rings is 1. The number of hydrogen-bond acceptors (Lipinski definition) is 3. The first kappa shape index (κ1) is 12.2. The number of nitrogens with two attached hydrogens (primary N) is 1. The maximum atomic E-state index is 6.30. The molecule has 88 valence electrons. The van der Waals surface area contributed by atoms with Crippen LogP contribution in [0.3, 0.4) is 0 Å². The fraction of sp³-hybridized carbons (Fsp3) is 0.400. The Balaban J connectivity index is 2.20. The summed E-state index contributed by atoms with van der Waals surface area (Å²) >= 11 is 0. The molecular weight excluding hydrogens is 220 g/mol. The van der Waals surface area contributed by atoms with Crippen molar-refractivity contribution in [2.45, 2.75) is 23.9 Å². The molecule has 1 aliphatic heterocycles. The molecule has 1 aliphatic carbocycles. The molecule has 2 N–H and O–H groups in total. The summed E-state index contributed by atoms with van der Waals surface area (Å²) in [5, 5.41) is 0. The van der Waals surface area contributed by atoms with Gasteiger partial charge in [-0.05, 0) is 40.3 Å². The third-order valence-electron chi connectivity index (χ3n) is 4.01. The monoisotopic (exact) mass is 237 g/mol. The Morgan fingerprint density at radius 2 is 1.28 bits per heavy atom. The van der Waals surface area contributed by atoms with Crippen molar-refractivity contribution >= 4 is 50.2 Å². The predicted octanol–water partition coefficient (Wildman–Crippen LogP) is -5.76. The van der Waals surface area contributed by atoms with Crippen LogP contribution in [0, 0.1) is 0 Å². The van der Waals surface area contributed by atoms with Crippen molar-refractivity contribution in [3.8, 4) is 11.5 Å². The van der Waals surface area contributed by atoms with Gasteiger partial charge >= 0.3 is 0 Å². The van der Waals surface area contributed by atoms with Crippen molar-refractivity contribution in [1.29, 1.82) is 0 Å². The zero-order valence-corrected chi connectivity index (χ0v) is 11.8. The van der Waals surface area contributed by atoms with Crippen LogP contribution in [0.1, 0.15) is 11.1 Å². The summed E-state index contributed by atoms with van der Waals surface area (Å²) in [6.45, 7) is 0. The summed E-state index contributed by atoms with van der Waals surface area (Å²) in [4.78, 5) is 0. The standard InChI is InChI=1S/C10H16B5NO2/c11-5-3-1-9(13,16)2-4(3)6(12)8-7(5)17-10(14,15)18-8/h1-2,11-16H2. The van der Waals surface area contributed by atoms with Gasteiger partial charge in [-0.2, -0.15) is 0 Å². The lowest BCUT2D eigenvalue weighted by Gasteiger charge is -2.18. The zero-order valence-electron chi connectivity index (χ0n) is 11.8. The first-order valence-electron chi connectivity index (χ1n) is 6.52. The van der Waals surface area contributed by atoms with Crippen molar-refractivity contribution < 1.29 is 9.47 Å². The second-order valence-corrected chi connectivity index (χ2v) is 6.48. The minimum Gasteiger partial charge on any atom is -0.467 e. The van der Waals surface area contributed by atoms with Crippen LogP contribution in [0.5, 0.6) is 11.5 Å². The van der Waals surface area contributed by atoms with Gasteiger partial charge in [-0.3, -0.25) is 0 Å². The van der Waals surface area contributed by atoms with Crippen molar-refractivity contribution in [2.75, 3.05) is 0 Å². The van der Waals surface area contributed by atoms with Gasteiger partial charge in [0.15, 0.2) is 32.8 Å². The maximum Gasteiger partial charge on any atom is 0.197 e. The van der Waals surface area contributed by atoms with Crippen molar-refractivity contribution in [3.63, 3.8) is 0 Å². The Labute approximate surface area is 112 Å². The summed E-state index contributed by atoms with van der Waals surface area (Å²) in [5.41, 5.74) is 10.7. The fourth-order valence-electron chi connectivity index (χ4n) is 3.17. The third kappa shape index (κ3) is 1.62. The van der Waals surface area contributed by atoms with Crippen LogP contribution >= 0.6 is 0 Å². The van der Waals surface area contributed by atoms with E-state index in [1.54, 1.807) is 0 Å². The molecule has 0 bridgehead atoms. The van der Waals surface area contributed by atoms with Gasteiger partial charge in [-0.15, -0.1) is 0 Å². The number of rotatable bonds is 0. The third-order valence-corrected chi connectivity index (χ3v) is 4.01. The van der Waals surface area contributed by atoms with E-state index >= 15 is 0 Å². The number of fused-ring (bicyclic) bond motifs is 2. The van der Waals surface area contributed by atoms with Crippen LogP contribution in [0.2, 0.25) is 0 Å². The van der Waals surface area contributed by atoms with Gasteiger partial charge in [0.1, 0.15) is 23.5 Å². The van der Waals surface area contributed by atoms with Crippen LogP contribution < -0.4 is 26.1 Å². The molecule has 0 spiro atoms. The van der Waals surface area contributed by atoms with E-state index in [1.165, 1.54) is 22.1 Å². The van der Waals surface area contributed by atoms with Crippen molar-refractivity contribution in [3.05, 3.63) is 11.1 Å². The Morgan fingerprint density at radius 3 is 1.67 bits per heavy atom. The molecule has 0 radical (unpaired) electrons. The highest BCUT2D eigenvalue weighted by molar-refractivity contribution is 6.43. The highest BCUT2D eigenvalue weighted by Crippen LogP contribution is 2.38. The van der Waals surface area contributed by atoms with E-state index in [4.69, 9.17) is 15.2 Å². The van der Waals surface area contributed by atoms with Gasteiger partial charge in [0.05, 0.1) is 0 Å². The average Bonchev–Trinajstić information content (AvgIpc) is 2.72. The lowest BCUT2D eigenvalue weighted by molar-refractivity contribution is 0.0844. The van der Waals surface area contributed by atoms with Crippen LogP contribution in [-0.4, -0.2) is 50.3 Å². The molecule has 0 saturated heterocycles. The second kappa shape index (κ2) is 3.35. The van der Waals surface area contributed by atoms with E-state index in [1.807, 2.05) is 15.7 Å². The molecule has 0 saturated carbocycles. The Hall–Kier alpha value is -0.895. The highest BCUT2D eigenvalue weighted by Gasteiger charge is 2.39. The Morgan fingerprint density at radius 1 is 0.889 bits per heavy atom. The average molecular weight is 236 g/mol. The summed E-state index contributed by atoms with van der Waals surface area (Å²) in [5.74, 6) is 1.82. The summed E-state index contributed by atoms with van der Waals surface area (Å²) in [6, 6.07) is 0. The fourth-order valence-corrected chi connectivity index (χ4v) is 3.17. The lowest BCUT2D eigenvalue weighted by Crippen LogP contribution is -2.42. The maximum absolute atomic E-state index is 6.30. The van der Waals surface area contributed by atoms with E-state index in [0.29, 0.717) is 0 Å². The molecule has 0 atom stereocenters. The van der Waals surface area contributed by atoms with Crippen LogP contribution in [0.4, 0.5) is 0 Å². The van der Waals surface area contributed by atoms with E-state index in [9.17, 15) is 0 Å². The molecule has 0 amide bonds. The first-order chi connectivity index (χ1) is 8.20. The molecule has 1 aromatic rings. The lowest BCUT2D eigenvalue weighted by atomic mass is 9.75.